The van der Waals surface area contributed by atoms with E-state index in [-0.39, 0.29) is 17.9 Å². The molecule has 0 aromatic heterocycles. The van der Waals surface area contributed by atoms with Crippen molar-refractivity contribution in [2.45, 2.75) is 39.7 Å². The monoisotopic (exact) mass is 317 g/mol. The van der Waals surface area contributed by atoms with Crippen molar-refractivity contribution in [1.29, 1.82) is 0 Å². The van der Waals surface area contributed by atoms with Crippen LogP contribution < -0.4 is 10.2 Å². The minimum absolute atomic E-state index is 0.117. The zero-order valence-electron chi connectivity index (χ0n) is 14.8. The molecule has 0 saturated carbocycles. The van der Waals surface area contributed by atoms with Crippen LogP contribution >= 0.6 is 0 Å². The lowest BCUT2D eigenvalue weighted by atomic mass is 10.1. The van der Waals surface area contributed by atoms with Gasteiger partial charge >= 0.3 is 0 Å². The summed E-state index contributed by atoms with van der Waals surface area (Å²) in [5, 5.41) is 3.13. The number of nitrogens with zero attached hydrogens (tertiary/aromatic N) is 2. The summed E-state index contributed by atoms with van der Waals surface area (Å²) in [5.74, 6) is 0.306. The molecule has 0 unspecified atom stereocenters. The molecule has 1 aliphatic heterocycles. The van der Waals surface area contributed by atoms with Crippen molar-refractivity contribution in [2.75, 3.05) is 37.6 Å². The summed E-state index contributed by atoms with van der Waals surface area (Å²) in [5.41, 5.74) is 1.32. The molecule has 0 spiro atoms. The van der Waals surface area contributed by atoms with Crippen molar-refractivity contribution in [3.63, 3.8) is 0 Å². The molecule has 0 radical (unpaired) electrons. The first-order valence-electron chi connectivity index (χ1n) is 8.93. The molecule has 1 saturated heterocycles. The Balaban J connectivity index is 1.67. The maximum Gasteiger partial charge on any atom is 0.223 e. The summed E-state index contributed by atoms with van der Waals surface area (Å²) >= 11 is 0. The molecule has 0 aliphatic carbocycles. The van der Waals surface area contributed by atoms with Gasteiger partial charge in [0.2, 0.25) is 5.91 Å². The summed E-state index contributed by atoms with van der Waals surface area (Å²) in [4.78, 5) is 16.9. The number of hydrogen-bond acceptors (Lipinski definition) is 3. The molecular weight excluding hydrogens is 286 g/mol. The van der Waals surface area contributed by atoms with Gasteiger partial charge in [-0.2, -0.15) is 0 Å². The lowest BCUT2D eigenvalue weighted by Crippen LogP contribution is -2.47. The molecule has 2 rings (SSSR count). The van der Waals surface area contributed by atoms with E-state index in [2.05, 4.69) is 59.3 Å². The molecular formula is C19H31N3O. The number of piperazine rings is 1. The summed E-state index contributed by atoms with van der Waals surface area (Å²) in [6.45, 7) is 11.6. The SMILES string of the molecule is CC[C@H](C)C(=O)N[C@H](C)CCN1CCN(c2ccccc2)CC1. The van der Waals surface area contributed by atoms with Gasteiger partial charge in [-0.05, 0) is 31.9 Å². The highest BCUT2D eigenvalue weighted by Crippen LogP contribution is 2.15. The highest BCUT2D eigenvalue weighted by molar-refractivity contribution is 5.78. The molecule has 4 heteroatoms. The molecule has 1 N–H and O–H groups in total. The standard InChI is InChI=1S/C19H31N3O/c1-4-16(2)19(23)20-17(3)10-11-21-12-14-22(15-13-21)18-8-6-5-7-9-18/h5-9,16-17H,4,10-15H2,1-3H3,(H,20,23)/t16-,17+/m0/s1. The van der Waals surface area contributed by atoms with E-state index in [0.29, 0.717) is 0 Å². The minimum atomic E-state index is 0.117. The van der Waals surface area contributed by atoms with Crippen LogP contribution in [0.15, 0.2) is 30.3 Å². The number of rotatable bonds is 7. The molecule has 1 aliphatic rings. The molecule has 1 heterocycles. The Morgan fingerprint density at radius 1 is 1.13 bits per heavy atom. The second kappa shape index (κ2) is 8.92. The summed E-state index contributed by atoms with van der Waals surface area (Å²) < 4.78 is 0. The third-order valence-electron chi connectivity index (χ3n) is 4.82. The van der Waals surface area contributed by atoms with Crippen LogP contribution in [0.5, 0.6) is 0 Å². The first-order chi connectivity index (χ1) is 11.1. The smallest absolute Gasteiger partial charge is 0.223 e. The number of hydrogen-bond donors (Lipinski definition) is 1. The van der Waals surface area contributed by atoms with Crippen LogP contribution in [-0.2, 0) is 4.79 Å². The van der Waals surface area contributed by atoms with Crippen LogP contribution in [-0.4, -0.2) is 49.6 Å². The predicted molar refractivity (Wildman–Crippen MR) is 96.8 cm³/mol. The number of carbonyl (C=O) groups is 1. The van der Waals surface area contributed by atoms with Crippen molar-refractivity contribution in [1.82, 2.24) is 10.2 Å². The van der Waals surface area contributed by atoms with E-state index >= 15 is 0 Å². The highest BCUT2D eigenvalue weighted by atomic mass is 16.1. The van der Waals surface area contributed by atoms with Gasteiger partial charge in [-0.15, -0.1) is 0 Å². The lowest BCUT2D eigenvalue weighted by molar-refractivity contribution is -0.125. The number of para-hydroxylation sites is 1. The van der Waals surface area contributed by atoms with Crippen molar-refractivity contribution in [2.24, 2.45) is 5.92 Å². The van der Waals surface area contributed by atoms with E-state index in [4.69, 9.17) is 0 Å². The van der Waals surface area contributed by atoms with E-state index in [1.807, 2.05) is 6.92 Å². The first-order valence-corrected chi connectivity index (χ1v) is 8.93. The van der Waals surface area contributed by atoms with E-state index in [1.165, 1.54) is 5.69 Å². The highest BCUT2D eigenvalue weighted by Gasteiger charge is 2.18. The number of carbonyl (C=O) groups excluding carboxylic acids is 1. The quantitative estimate of drug-likeness (QED) is 0.840. The van der Waals surface area contributed by atoms with E-state index in [9.17, 15) is 4.79 Å². The third-order valence-corrected chi connectivity index (χ3v) is 4.82. The molecule has 1 fully saturated rings. The Labute approximate surface area is 140 Å². The number of anilines is 1. The maximum atomic E-state index is 11.9. The molecule has 1 amide bonds. The van der Waals surface area contributed by atoms with E-state index in [0.717, 1.165) is 45.6 Å². The van der Waals surface area contributed by atoms with Crippen LogP contribution in [0, 0.1) is 5.92 Å². The summed E-state index contributed by atoms with van der Waals surface area (Å²) in [7, 11) is 0. The lowest BCUT2D eigenvalue weighted by Gasteiger charge is -2.36. The Morgan fingerprint density at radius 2 is 1.78 bits per heavy atom. The van der Waals surface area contributed by atoms with E-state index < -0.39 is 0 Å². The van der Waals surface area contributed by atoms with Gasteiger partial charge in [0.15, 0.2) is 0 Å². The number of benzene rings is 1. The second-order valence-electron chi connectivity index (χ2n) is 6.67. The predicted octanol–water partition coefficient (Wildman–Crippen LogP) is 2.75. The van der Waals surface area contributed by atoms with E-state index in [1.54, 1.807) is 0 Å². The molecule has 23 heavy (non-hydrogen) atoms. The normalized spacial score (nSPS) is 18.5. The van der Waals surface area contributed by atoms with Gasteiger partial charge in [-0.1, -0.05) is 32.0 Å². The zero-order valence-corrected chi connectivity index (χ0v) is 14.8. The Hall–Kier alpha value is -1.55. The summed E-state index contributed by atoms with van der Waals surface area (Å²) in [6, 6.07) is 10.9. The maximum absolute atomic E-state index is 11.9. The van der Waals surface area contributed by atoms with Gasteiger partial charge in [0.1, 0.15) is 0 Å². The van der Waals surface area contributed by atoms with Gasteiger partial charge in [0.05, 0.1) is 0 Å². The Kier molecular flexibility index (Phi) is 6.90. The van der Waals surface area contributed by atoms with Gasteiger partial charge < -0.3 is 10.2 Å². The fraction of sp³-hybridized carbons (Fsp3) is 0.632. The topological polar surface area (TPSA) is 35.6 Å². The first kappa shape index (κ1) is 17.8. The summed E-state index contributed by atoms with van der Waals surface area (Å²) in [6.07, 6.45) is 1.92. The largest absolute Gasteiger partial charge is 0.369 e. The fourth-order valence-electron chi connectivity index (χ4n) is 2.89. The van der Waals surface area contributed by atoms with Gasteiger partial charge in [-0.3, -0.25) is 9.69 Å². The zero-order chi connectivity index (χ0) is 16.7. The molecule has 2 atom stereocenters. The molecule has 1 aromatic rings. The molecule has 1 aromatic carbocycles. The fourth-order valence-corrected chi connectivity index (χ4v) is 2.89. The van der Waals surface area contributed by atoms with Crippen molar-refractivity contribution in [3.05, 3.63) is 30.3 Å². The average Bonchev–Trinajstić information content (AvgIpc) is 2.60. The number of nitrogens with one attached hydrogen (secondary N) is 1. The van der Waals surface area contributed by atoms with Crippen molar-refractivity contribution >= 4 is 11.6 Å². The second-order valence-corrected chi connectivity index (χ2v) is 6.67. The van der Waals surface area contributed by atoms with Crippen molar-refractivity contribution < 1.29 is 4.79 Å². The van der Waals surface area contributed by atoms with Gasteiger partial charge in [-0.25, -0.2) is 0 Å². The van der Waals surface area contributed by atoms with Crippen molar-refractivity contribution in [3.8, 4) is 0 Å². The van der Waals surface area contributed by atoms with Crippen LogP contribution in [0.3, 0.4) is 0 Å². The third kappa shape index (κ3) is 5.54. The number of amides is 1. The Morgan fingerprint density at radius 3 is 2.39 bits per heavy atom. The average molecular weight is 317 g/mol. The molecule has 4 nitrogen and oxygen atoms in total. The minimum Gasteiger partial charge on any atom is -0.369 e. The Bertz CT molecular complexity index is 469. The van der Waals surface area contributed by atoms with Crippen LogP contribution in [0.25, 0.3) is 0 Å². The molecule has 128 valence electrons. The van der Waals surface area contributed by atoms with Gasteiger partial charge in [0, 0.05) is 50.4 Å². The van der Waals surface area contributed by atoms with Crippen LogP contribution in [0.4, 0.5) is 5.69 Å². The van der Waals surface area contributed by atoms with Crippen LogP contribution in [0.1, 0.15) is 33.6 Å². The van der Waals surface area contributed by atoms with Gasteiger partial charge in [0.25, 0.3) is 0 Å². The molecule has 0 bridgehead atoms. The van der Waals surface area contributed by atoms with Crippen LogP contribution in [0.2, 0.25) is 0 Å².